The average Bonchev–Trinajstić information content (AvgIpc) is 3.23. The van der Waals surface area contributed by atoms with Crippen LogP contribution in [0.15, 0.2) is 87.9 Å². The van der Waals surface area contributed by atoms with Gasteiger partial charge in [0.05, 0.1) is 12.8 Å². The van der Waals surface area contributed by atoms with Gasteiger partial charge in [0, 0.05) is 32.8 Å². The van der Waals surface area contributed by atoms with Gasteiger partial charge in [-0.05, 0) is 72.7 Å². The Kier molecular flexibility index (Phi) is 6.73. The molecule has 0 fully saturated rings. The first-order valence-electron chi connectivity index (χ1n) is 10.0. The molecule has 0 bridgehead atoms. The maximum Gasteiger partial charge on any atom is 0.141 e. The van der Waals surface area contributed by atoms with Crippen molar-refractivity contribution >= 4 is 43.5 Å². The quantitative estimate of drug-likeness (QED) is 0.236. The number of aromatic nitrogens is 2. The lowest BCUT2D eigenvalue weighted by molar-refractivity contribution is 0.415. The summed E-state index contributed by atoms with van der Waals surface area (Å²) in [5, 5.41) is 0. The van der Waals surface area contributed by atoms with Gasteiger partial charge in [0.25, 0.3) is 0 Å². The zero-order chi connectivity index (χ0) is 21.8. The van der Waals surface area contributed by atoms with Crippen LogP contribution < -0.4 is 4.74 Å². The molecule has 1 aromatic heterocycles. The Labute approximate surface area is 199 Å². The average molecular weight is 538 g/mol. The summed E-state index contributed by atoms with van der Waals surface area (Å²) in [7, 11) is 1.68. The number of nitrogens with zero attached hydrogens (tertiary/aromatic N) is 2. The normalized spacial score (nSPS) is 11.5. The summed E-state index contributed by atoms with van der Waals surface area (Å²) < 4.78 is 9.61. The minimum Gasteiger partial charge on any atom is -0.497 e. The summed E-state index contributed by atoms with van der Waals surface area (Å²) in [5.74, 6) is 1.78. The van der Waals surface area contributed by atoms with Gasteiger partial charge in [-0.25, -0.2) is 4.98 Å². The van der Waals surface area contributed by atoms with Crippen molar-refractivity contribution in [3.05, 3.63) is 105 Å². The summed E-state index contributed by atoms with van der Waals surface area (Å²) in [6.07, 6.45) is 4.31. The topological polar surface area (TPSA) is 27.1 Å². The van der Waals surface area contributed by atoms with E-state index in [1.54, 1.807) is 7.11 Å². The van der Waals surface area contributed by atoms with Crippen LogP contribution in [-0.4, -0.2) is 16.7 Å². The summed E-state index contributed by atoms with van der Waals surface area (Å²) >= 11 is 7.06. The van der Waals surface area contributed by atoms with Crippen molar-refractivity contribution in [2.24, 2.45) is 0 Å². The lowest BCUT2D eigenvalue weighted by Gasteiger charge is -2.11. The monoisotopic (exact) mass is 536 g/mol. The number of rotatable bonds is 6. The van der Waals surface area contributed by atoms with E-state index in [2.05, 4.69) is 104 Å². The molecule has 0 aliphatic carbocycles. The smallest absolute Gasteiger partial charge is 0.141 e. The molecule has 0 N–H and O–H groups in total. The Morgan fingerprint density at radius 1 is 0.903 bits per heavy atom. The Balaban J connectivity index is 1.84. The van der Waals surface area contributed by atoms with Crippen LogP contribution in [-0.2, 0) is 6.54 Å². The van der Waals surface area contributed by atoms with Gasteiger partial charge >= 0.3 is 0 Å². The zero-order valence-electron chi connectivity index (χ0n) is 17.3. The van der Waals surface area contributed by atoms with Crippen molar-refractivity contribution in [3.8, 4) is 17.0 Å². The molecule has 0 saturated carbocycles. The fourth-order valence-corrected chi connectivity index (χ4v) is 3.93. The maximum atomic E-state index is 5.29. The van der Waals surface area contributed by atoms with E-state index in [4.69, 9.17) is 9.72 Å². The molecule has 0 amide bonds. The molecule has 0 atom stereocenters. The highest BCUT2D eigenvalue weighted by atomic mass is 79.9. The first-order valence-corrected chi connectivity index (χ1v) is 11.6. The Morgan fingerprint density at radius 2 is 1.52 bits per heavy atom. The van der Waals surface area contributed by atoms with E-state index in [-0.39, 0.29) is 0 Å². The molecule has 0 aliphatic heterocycles. The fraction of sp³-hybridized carbons (Fsp3) is 0.115. The second-order valence-corrected chi connectivity index (χ2v) is 8.91. The van der Waals surface area contributed by atoms with E-state index in [0.717, 1.165) is 55.0 Å². The van der Waals surface area contributed by atoms with E-state index in [9.17, 15) is 0 Å². The van der Waals surface area contributed by atoms with Crippen LogP contribution in [0.4, 0.5) is 0 Å². The second kappa shape index (κ2) is 9.67. The number of aryl methyl sites for hydroxylation is 1. The number of ether oxygens (including phenoxy) is 1. The molecule has 0 unspecified atom stereocenters. The highest BCUT2D eigenvalue weighted by molar-refractivity contribution is 9.10. The largest absolute Gasteiger partial charge is 0.497 e. The van der Waals surface area contributed by atoms with Gasteiger partial charge in [0.2, 0.25) is 0 Å². The van der Waals surface area contributed by atoms with Crippen molar-refractivity contribution in [1.29, 1.82) is 0 Å². The maximum absolute atomic E-state index is 5.29. The van der Waals surface area contributed by atoms with E-state index >= 15 is 0 Å². The summed E-state index contributed by atoms with van der Waals surface area (Å²) in [4.78, 5) is 5.05. The van der Waals surface area contributed by atoms with E-state index in [1.165, 1.54) is 0 Å². The van der Waals surface area contributed by atoms with E-state index in [0.29, 0.717) is 0 Å². The molecule has 4 aromatic rings. The number of hydrogen-bond donors (Lipinski definition) is 0. The molecule has 1 heterocycles. The molecule has 3 aromatic carbocycles. The van der Waals surface area contributed by atoms with Crippen LogP contribution in [0.3, 0.4) is 0 Å². The van der Waals surface area contributed by atoms with Crippen molar-refractivity contribution in [2.75, 3.05) is 7.11 Å². The number of hydrogen-bond acceptors (Lipinski definition) is 2. The van der Waals surface area contributed by atoms with Gasteiger partial charge in [0.1, 0.15) is 11.6 Å². The van der Waals surface area contributed by atoms with Crippen molar-refractivity contribution in [2.45, 2.75) is 13.5 Å². The van der Waals surface area contributed by atoms with E-state index in [1.807, 2.05) is 24.3 Å². The number of halogens is 2. The van der Waals surface area contributed by atoms with Gasteiger partial charge in [-0.2, -0.15) is 0 Å². The molecule has 0 saturated heterocycles. The molecule has 3 nitrogen and oxygen atoms in total. The lowest BCUT2D eigenvalue weighted by Crippen LogP contribution is -2.01. The van der Waals surface area contributed by atoms with Crippen LogP contribution >= 0.6 is 31.9 Å². The van der Waals surface area contributed by atoms with Gasteiger partial charge < -0.3 is 9.30 Å². The van der Waals surface area contributed by atoms with E-state index < -0.39 is 0 Å². The SMILES string of the molecule is CCn1cc(-c2ccc(OC)cc2)nc1/C(=C\c1ccc(Br)cc1)c1ccc(Br)cc1. The molecule has 0 spiro atoms. The first kappa shape index (κ1) is 21.6. The molecule has 5 heteroatoms. The molecular formula is C26H22Br2N2O. The third-order valence-corrected chi connectivity index (χ3v) is 6.14. The zero-order valence-corrected chi connectivity index (χ0v) is 20.5. The summed E-state index contributed by atoms with van der Waals surface area (Å²) in [6, 6.07) is 24.7. The number of methoxy groups -OCH3 is 1. The highest BCUT2D eigenvalue weighted by Crippen LogP contribution is 2.30. The Bertz CT molecular complexity index is 1190. The van der Waals surface area contributed by atoms with Crippen LogP contribution in [0, 0.1) is 0 Å². The second-order valence-electron chi connectivity index (χ2n) is 7.08. The Hall–Kier alpha value is -2.63. The minimum absolute atomic E-state index is 0.826. The predicted octanol–water partition coefficient (Wildman–Crippen LogP) is 7.69. The molecule has 156 valence electrons. The molecular weight excluding hydrogens is 516 g/mol. The van der Waals surface area contributed by atoms with Crippen LogP contribution in [0.2, 0.25) is 0 Å². The molecule has 0 radical (unpaired) electrons. The standard InChI is InChI=1S/C26H22Br2N2O/c1-3-30-17-25(20-8-14-23(31-2)15-9-20)29-26(30)24(19-6-12-22(28)13-7-19)16-18-4-10-21(27)11-5-18/h4-17H,3H2,1-2H3/b24-16-. The van der Waals surface area contributed by atoms with Crippen LogP contribution in [0.25, 0.3) is 22.9 Å². The van der Waals surface area contributed by atoms with Gasteiger partial charge in [-0.3, -0.25) is 0 Å². The van der Waals surface area contributed by atoms with Gasteiger partial charge in [0.15, 0.2) is 0 Å². The fourth-order valence-electron chi connectivity index (χ4n) is 3.40. The van der Waals surface area contributed by atoms with Crippen LogP contribution in [0.1, 0.15) is 23.9 Å². The number of imidazole rings is 1. The lowest BCUT2D eigenvalue weighted by atomic mass is 10.0. The highest BCUT2D eigenvalue weighted by Gasteiger charge is 2.15. The molecule has 4 rings (SSSR count). The van der Waals surface area contributed by atoms with Gasteiger partial charge in [-0.15, -0.1) is 0 Å². The third-order valence-electron chi connectivity index (χ3n) is 5.08. The van der Waals surface area contributed by atoms with Crippen molar-refractivity contribution in [3.63, 3.8) is 0 Å². The summed E-state index contributed by atoms with van der Waals surface area (Å²) in [6.45, 7) is 2.97. The minimum atomic E-state index is 0.826. The molecule has 31 heavy (non-hydrogen) atoms. The summed E-state index contributed by atoms with van der Waals surface area (Å²) in [5.41, 5.74) is 5.33. The van der Waals surface area contributed by atoms with Crippen LogP contribution in [0.5, 0.6) is 5.75 Å². The first-order chi connectivity index (χ1) is 15.1. The molecule has 0 aliphatic rings. The Morgan fingerprint density at radius 3 is 2.10 bits per heavy atom. The number of benzene rings is 3. The predicted molar refractivity (Wildman–Crippen MR) is 135 cm³/mol. The third kappa shape index (κ3) is 5.00. The van der Waals surface area contributed by atoms with Gasteiger partial charge in [-0.1, -0.05) is 56.1 Å². The van der Waals surface area contributed by atoms with Crippen molar-refractivity contribution in [1.82, 2.24) is 9.55 Å². The van der Waals surface area contributed by atoms with Crippen molar-refractivity contribution < 1.29 is 4.74 Å².